The molecule has 2 unspecified atom stereocenters. The smallest absolute Gasteiger partial charge is 0.126 e. The van der Waals surface area contributed by atoms with E-state index in [0.717, 1.165) is 51.8 Å². The molecule has 2 aromatic rings. The largest absolute Gasteiger partial charge is 0.507 e. The van der Waals surface area contributed by atoms with Gasteiger partial charge in [0.15, 0.2) is 0 Å². The molecule has 1 aliphatic carbocycles. The molecule has 2 atom stereocenters. The molecule has 1 aliphatic rings. The Morgan fingerprint density at radius 3 is 2.06 bits per heavy atom. The molecule has 2 heteroatoms. The Hall–Kier alpha value is -2.48. The normalized spacial score (nSPS) is 19.1. The fourth-order valence-corrected chi connectivity index (χ4v) is 4.99. The van der Waals surface area contributed by atoms with E-state index in [2.05, 4.69) is 85.4 Å². The number of allylic oxidation sites excluding steroid dienone is 3. The molecule has 0 heterocycles. The van der Waals surface area contributed by atoms with Crippen molar-refractivity contribution in [1.29, 1.82) is 0 Å². The predicted molar refractivity (Wildman–Crippen MR) is 137 cm³/mol. The maximum atomic E-state index is 11.5. The van der Waals surface area contributed by atoms with Crippen molar-refractivity contribution in [3.05, 3.63) is 76.4 Å². The summed E-state index contributed by atoms with van der Waals surface area (Å²) < 4.78 is 0. The van der Waals surface area contributed by atoms with E-state index in [4.69, 9.17) is 0 Å². The lowest BCUT2D eigenvalue weighted by atomic mass is 9.69. The van der Waals surface area contributed by atoms with E-state index in [1.807, 2.05) is 13.0 Å². The fourth-order valence-electron chi connectivity index (χ4n) is 4.99. The van der Waals surface area contributed by atoms with Crippen molar-refractivity contribution >= 4 is 5.57 Å². The number of phenols is 2. The van der Waals surface area contributed by atoms with Gasteiger partial charge in [0.05, 0.1) is 0 Å². The number of benzene rings is 2. The van der Waals surface area contributed by atoms with E-state index < -0.39 is 0 Å². The van der Waals surface area contributed by atoms with Crippen molar-refractivity contribution < 1.29 is 10.2 Å². The van der Waals surface area contributed by atoms with Gasteiger partial charge in [-0.05, 0) is 73.1 Å². The first kappa shape index (κ1) is 24.2. The van der Waals surface area contributed by atoms with Crippen molar-refractivity contribution in [3.8, 4) is 11.5 Å². The molecule has 0 amide bonds. The Labute approximate surface area is 194 Å². The minimum atomic E-state index is -0.183. The van der Waals surface area contributed by atoms with Crippen LogP contribution in [0.15, 0.2) is 43.0 Å². The van der Waals surface area contributed by atoms with E-state index in [9.17, 15) is 10.2 Å². The van der Waals surface area contributed by atoms with E-state index in [0.29, 0.717) is 5.75 Å². The minimum Gasteiger partial charge on any atom is -0.507 e. The zero-order valence-corrected chi connectivity index (χ0v) is 21.1. The number of rotatable bonds is 4. The Kier molecular flexibility index (Phi) is 6.39. The Morgan fingerprint density at radius 1 is 1.00 bits per heavy atom. The first-order valence-electron chi connectivity index (χ1n) is 11.7. The molecule has 0 aliphatic heterocycles. The molecule has 0 radical (unpaired) electrons. The molecule has 2 nitrogen and oxygen atoms in total. The van der Waals surface area contributed by atoms with Crippen LogP contribution in [0.25, 0.3) is 5.57 Å². The van der Waals surface area contributed by atoms with E-state index in [-0.39, 0.29) is 28.4 Å². The van der Waals surface area contributed by atoms with Gasteiger partial charge in [0, 0.05) is 22.6 Å². The van der Waals surface area contributed by atoms with Gasteiger partial charge in [0.1, 0.15) is 11.5 Å². The van der Waals surface area contributed by atoms with Crippen molar-refractivity contribution in [1.82, 2.24) is 0 Å². The van der Waals surface area contributed by atoms with Gasteiger partial charge in [-0.25, -0.2) is 0 Å². The molecule has 0 saturated heterocycles. The van der Waals surface area contributed by atoms with Gasteiger partial charge in [-0.3, -0.25) is 0 Å². The highest BCUT2D eigenvalue weighted by Crippen LogP contribution is 2.49. The molecule has 3 rings (SSSR count). The quantitative estimate of drug-likeness (QED) is 0.478. The third kappa shape index (κ3) is 4.80. The Bertz CT molecular complexity index is 1060. The van der Waals surface area contributed by atoms with Crippen LogP contribution in [-0.2, 0) is 5.41 Å². The highest BCUT2D eigenvalue weighted by molar-refractivity contribution is 5.70. The number of aromatic hydroxyl groups is 2. The molecule has 0 saturated carbocycles. The van der Waals surface area contributed by atoms with Crippen molar-refractivity contribution in [2.45, 2.75) is 79.6 Å². The van der Waals surface area contributed by atoms with Crippen LogP contribution < -0.4 is 0 Å². The second kappa shape index (κ2) is 8.46. The summed E-state index contributed by atoms with van der Waals surface area (Å²) in [5.74, 6) is 0.684. The van der Waals surface area contributed by atoms with Gasteiger partial charge in [0.25, 0.3) is 0 Å². The highest BCUT2D eigenvalue weighted by atomic mass is 16.3. The van der Waals surface area contributed by atoms with Crippen LogP contribution in [0.5, 0.6) is 11.5 Å². The maximum Gasteiger partial charge on any atom is 0.126 e. The van der Waals surface area contributed by atoms with Crippen LogP contribution in [0, 0.1) is 25.2 Å². The third-order valence-corrected chi connectivity index (χ3v) is 6.85. The summed E-state index contributed by atoms with van der Waals surface area (Å²) in [5.41, 5.74) is 6.55. The number of phenolic OH excluding ortho intramolecular Hbond substituents is 2. The van der Waals surface area contributed by atoms with Gasteiger partial charge >= 0.3 is 0 Å². The highest BCUT2D eigenvalue weighted by Gasteiger charge is 2.34. The summed E-state index contributed by atoms with van der Waals surface area (Å²) in [6.45, 7) is 21.1. The molecule has 32 heavy (non-hydrogen) atoms. The summed E-state index contributed by atoms with van der Waals surface area (Å²) in [5, 5.41) is 22.9. The summed E-state index contributed by atoms with van der Waals surface area (Å²) in [4.78, 5) is 0. The summed E-state index contributed by atoms with van der Waals surface area (Å²) in [7, 11) is 0. The molecular formula is C30H40O2. The van der Waals surface area contributed by atoms with Crippen molar-refractivity contribution in [3.63, 3.8) is 0 Å². The van der Waals surface area contributed by atoms with Gasteiger partial charge < -0.3 is 10.2 Å². The second-order valence-corrected chi connectivity index (χ2v) is 11.6. The van der Waals surface area contributed by atoms with Crippen LogP contribution in [0.1, 0.15) is 93.7 Å². The molecule has 0 aromatic heterocycles. The average Bonchev–Trinajstić information content (AvgIpc) is 2.66. The fraction of sp³-hybridized carbons (Fsp3) is 0.467. The van der Waals surface area contributed by atoms with E-state index >= 15 is 0 Å². The molecule has 0 fully saturated rings. The first-order valence-corrected chi connectivity index (χ1v) is 11.7. The Morgan fingerprint density at radius 2 is 1.56 bits per heavy atom. The van der Waals surface area contributed by atoms with Gasteiger partial charge in [-0.1, -0.05) is 77.1 Å². The second-order valence-electron chi connectivity index (χ2n) is 11.6. The Balaban J connectivity index is 2.33. The lowest BCUT2D eigenvalue weighted by Crippen LogP contribution is -2.22. The van der Waals surface area contributed by atoms with Crippen molar-refractivity contribution in [2.24, 2.45) is 11.3 Å². The zero-order chi connectivity index (χ0) is 24.0. The number of hydrogen-bond acceptors (Lipinski definition) is 2. The third-order valence-electron chi connectivity index (χ3n) is 6.85. The number of hydrogen-bond donors (Lipinski definition) is 2. The van der Waals surface area contributed by atoms with Crippen LogP contribution >= 0.6 is 0 Å². The summed E-state index contributed by atoms with van der Waals surface area (Å²) in [6.07, 6.45) is 6.68. The molecule has 0 bridgehead atoms. The maximum absolute atomic E-state index is 11.5. The standard InChI is InChI=1S/C30H40O2/c1-18(2)22-14-19(3)15-23(27(22)31)26(21-10-12-30(8,9)13-11-21)24-16-20(4)17-25(28(24)32)29(5,6)7/h10,12,14-17,21,26,31-32H,1,11,13H2,2-9H3. The van der Waals surface area contributed by atoms with Crippen LogP contribution in [0.4, 0.5) is 0 Å². The first-order chi connectivity index (χ1) is 14.7. The van der Waals surface area contributed by atoms with E-state index in [1.165, 1.54) is 0 Å². The zero-order valence-electron chi connectivity index (χ0n) is 21.1. The van der Waals surface area contributed by atoms with Gasteiger partial charge in [-0.2, -0.15) is 0 Å². The predicted octanol–water partition coefficient (Wildman–Crippen LogP) is 8.17. The van der Waals surface area contributed by atoms with Crippen LogP contribution in [-0.4, -0.2) is 10.2 Å². The molecule has 2 N–H and O–H groups in total. The topological polar surface area (TPSA) is 40.5 Å². The van der Waals surface area contributed by atoms with E-state index in [1.54, 1.807) is 0 Å². The van der Waals surface area contributed by atoms with Crippen LogP contribution in [0.3, 0.4) is 0 Å². The lowest BCUT2D eigenvalue weighted by molar-refractivity contribution is 0.337. The summed E-state index contributed by atoms with van der Waals surface area (Å²) in [6, 6.07) is 8.27. The molecule has 172 valence electrons. The SMILES string of the molecule is C=C(C)c1cc(C)cc(C(c2cc(C)cc(C(C)(C)C)c2O)C2C=CC(C)(C)CC2)c1O. The van der Waals surface area contributed by atoms with Crippen molar-refractivity contribution in [2.75, 3.05) is 0 Å². The van der Waals surface area contributed by atoms with Crippen LogP contribution in [0.2, 0.25) is 0 Å². The average molecular weight is 433 g/mol. The minimum absolute atomic E-state index is 0.138. The monoisotopic (exact) mass is 432 g/mol. The lowest BCUT2D eigenvalue weighted by Gasteiger charge is -2.35. The molecular weight excluding hydrogens is 392 g/mol. The summed E-state index contributed by atoms with van der Waals surface area (Å²) >= 11 is 0. The molecule has 0 spiro atoms. The molecule has 2 aromatic carbocycles. The van der Waals surface area contributed by atoms with Gasteiger partial charge in [-0.15, -0.1) is 0 Å². The number of aryl methyl sites for hydroxylation is 2. The van der Waals surface area contributed by atoms with Gasteiger partial charge in [0.2, 0.25) is 0 Å².